The number of nitrogens with one attached hydrogen (secondary N) is 14. The van der Waals surface area contributed by atoms with E-state index < -0.39 is 181 Å². The molecule has 1 fully saturated rings. The zero-order valence-corrected chi connectivity index (χ0v) is 60.4. The van der Waals surface area contributed by atoms with Gasteiger partial charge in [0.1, 0.15) is 66.2 Å². The van der Waals surface area contributed by atoms with Crippen LogP contribution in [0.3, 0.4) is 0 Å². The van der Waals surface area contributed by atoms with Gasteiger partial charge < -0.3 is 106 Å². The molecule has 0 bridgehead atoms. The summed E-state index contributed by atoms with van der Waals surface area (Å²) in [5.41, 5.74) is 20.1. The monoisotopic (exact) mass is 1480 g/mol. The summed E-state index contributed by atoms with van der Waals surface area (Å²) >= 11 is 0. The Morgan fingerprint density at radius 2 is 1.10 bits per heavy atom. The second-order valence-corrected chi connectivity index (χ2v) is 26.5. The van der Waals surface area contributed by atoms with Gasteiger partial charge in [-0.25, -0.2) is 4.79 Å². The highest BCUT2D eigenvalue weighted by Gasteiger charge is 2.40. The zero-order valence-electron chi connectivity index (χ0n) is 60.4. The van der Waals surface area contributed by atoms with Crippen molar-refractivity contribution >= 4 is 105 Å². The number of para-hydroxylation sites is 2. The number of H-pyrrole nitrogens is 2. The number of nitrogens with two attached hydrogens (primary N) is 3. The maximum atomic E-state index is 14.8. The lowest BCUT2D eigenvalue weighted by atomic mass is 9.97. The van der Waals surface area contributed by atoms with Crippen LogP contribution in [0.2, 0.25) is 0 Å². The predicted molar refractivity (Wildman–Crippen MR) is 388 cm³/mol. The summed E-state index contributed by atoms with van der Waals surface area (Å²) in [4.78, 5) is 201. The van der Waals surface area contributed by atoms with Gasteiger partial charge in [0, 0.05) is 59.9 Å². The number of hydrogen-bond acceptors (Lipinski definition) is 19. The first-order valence-corrected chi connectivity index (χ1v) is 35.5. The van der Waals surface area contributed by atoms with Crippen molar-refractivity contribution in [1.82, 2.24) is 73.8 Å². The third-order valence-electron chi connectivity index (χ3n) is 18.3. The zero-order chi connectivity index (χ0) is 77.7. The fraction of sp³-hybridized carbons (Fsp3) is 0.500. The van der Waals surface area contributed by atoms with Gasteiger partial charge in [0.05, 0.1) is 26.1 Å². The van der Waals surface area contributed by atoms with Crippen LogP contribution in [0, 0.1) is 11.8 Å². The summed E-state index contributed by atoms with van der Waals surface area (Å²) in [6.45, 7) is 7.63. The van der Waals surface area contributed by atoms with E-state index in [9.17, 15) is 77.3 Å². The molecule has 3 heterocycles. The highest BCUT2D eigenvalue weighted by molar-refractivity contribution is 6.00. The summed E-state index contributed by atoms with van der Waals surface area (Å²) in [6, 6.07) is 4.88. The van der Waals surface area contributed by atoms with E-state index in [2.05, 4.69) is 73.8 Å². The molecule has 0 spiro atoms. The van der Waals surface area contributed by atoms with Crippen LogP contribution < -0.4 is 81.0 Å². The smallest absolute Gasteiger partial charge is 0.331 e. The summed E-state index contributed by atoms with van der Waals surface area (Å²) in [5.74, 6) is -13.1. The number of aromatic hydroxyl groups is 1. The predicted octanol–water partition coefficient (Wildman–Crippen LogP) is -2.35. The number of amides is 13. The number of esters is 1. The minimum atomic E-state index is -1.78. The number of phenols is 1. The molecule has 0 radical (unpaired) electrons. The van der Waals surface area contributed by atoms with E-state index in [1.54, 1.807) is 74.8 Å². The maximum absolute atomic E-state index is 14.8. The van der Waals surface area contributed by atoms with Gasteiger partial charge in [0.2, 0.25) is 76.8 Å². The topological polar surface area (TPSA) is 543 Å². The first kappa shape index (κ1) is 83.9. The number of carbonyl (C=O) groups excluding carboxylic acids is 14. The highest BCUT2D eigenvalue weighted by atomic mass is 16.5. The molecule has 34 heteroatoms. The molecule has 3 aromatic carbocycles. The standard InChI is InChI=1S/C72H101N17O17/c1-7-38(3)21-26-58(93)82-55(32-57(75)92)68(101)85-52(29-42-22-24-45(91)25-23-42)67(100)87-53(30-43-33-76-48-17-11-9-15-46(43)48)66(99)80-40(5)63(96)84-50(19-13-27-73)64(97)78-35-59(94)81-51(20-14-28-74)65(98)86-54(31-44-34-77-49-18-12-10-16-47(44)49)69(102)89-62-41(6)106-72(105)56(37-90)83-60(95)36-79-70(103)61(39(4)8-2)88-71(62)104/h9-12,15-18,22-25,33-34,38-41,50-56,61-62,76-77,90-91H,7-8,13-14,19-21,26-32,35-37,73-74H2,1-6H3,(H2,75,92)(H,78,97)(H,79,103)(H,80,99)(H,81,94)(H,82,93)(H,83,95)(H,84,96)(H,85,101)(H,86,98)(H,87,100)(H,88,104)(H,89,102)/t38?,39-,40+,41+,50-,51+,52+,53+,54-,55+,56-,61-,62-/m0/s1. The molecule has 1 aliphatic rings. The third kappa shape index (κ3) is 25.4. The molecule has 0 saturated carbocycles. The van der Waals surface area contributed by atoms with E-state index in [-0.39, 0.29) is 76.1 Å². The number of cyclic esters (lactones) is 1. The molecule has 1 unspecified atom stereocenters. The number of benzene rings is 3. The number of ether oxygens (including phenoxy) is 1. The summed E-state index contributed by atoms with van der Waals surface area (Å²) in [5, 5.41) is 52.1. The average molecular weight is 1480 g/mol. The Bertz CT molecular complexity index is 3900. The van der Waals surface area contributed by atoms with Gasteiger partial charge in [-0.2, -0.15) is 0 Å². The van der Waals surface area contributed by atoms with Crippen molar-refractivity contribution in [2.24, 2.45) is 29.0 Å². The fourth-order valence-corrected chi connectivity index (χ4v) is 11.6. The van der Waals surface area contributed by atoms with E-state index in [1.807, 2.05) is 13.8 Å². The number of primary amides is 1. The summed E-state index contributed by atoms with van der Waals surface area (Å²) < 4.78 is 5.56. The second-order valence-electron chi connectivity index (χ2n) is 26.5. The van der Waals surface area contributed by atoms with Crippen molar-refractivity contribution < 1.29 is 82.1 Å². The second kappa shape index (κ2) is 41.5. The lowest BCUT2D eigenvalue weighted by Crippen LogP contribution is -2.62. The number of hydrogen-bond donors (Lipinski definition) is 19. The van der Waals surface area contributed by atoms with Crippen LogP contribution in [0.25, 0.3) is 21.8 Å². The molecule has 13 atom stereocenters. The van der Waals surface area contributed by atoms with Gasteiger partial charge in [-0.3, -0.25) is 62.3 Å². The molecule has 2 aromatic heterocycles. The molecular formula is C72H101N17O17. The van der Waals surface area contributed by atoms with Gasteiger partial charge in [-0.15, -0.1) is 0 Å². The Morgan fingerprint density at radius 3 is 1.66 bits per heavy atom. The van der Waals surface area contributed by atoms with Gasteiger partial charge >= 0.3 is 5.97 Å². The SMILES string of the molecule is CCC(C)CCC(=O)N[C@H](CC(N)=O)C(=O)N[C@H](Cc1ccc(O)cc1)C(=O)N[C@H](Cc1c[nH]c2ccccc12)C(=O)N[C@H](C)C(=O)N[C@@H](CCCN)C(=O)NCC(=O)N[C@H](CCCN)C(=O)N[C@@H](Cc1c[nH]c2ccccc12)C(=O)N[C@@H]1C(=O)N[C@@H]([C@@H](C)CC)C(=O)NCC(=O)N[C@@H](CO)C(=O)O[C@@H]1C. The largest absolute Gasteiger partial charge is 0.508 e. The molecule has 22 N–H and O–H groups in total. The third-order valence-corrected chi connectivity index (χ3v) is 18.3. The number of rotatable bonds is 38. The van der Waals surface area contributed by atoms with Crippen LogP contribution in [0.4, 0.5) is 0 Å². The molecule has 0 aliphatic carbocycles. The van der Waals surface area contributed by atoms with E-state index >= 15 is 0 Å². The van der Waals surface area contributed by atoms with Gasteiger partial charge in [-0.05, 0) is 112 Å². The van der Waals surface area contributed by atoms with Crippen LogP contribution in [0.15, 0.2) is 85.2 Å². The van der Waals surface area contributed by atoms with Crippen LogP contribution in [-0.4, -0.2) is 202 Å². The molecule has 576 valence electrons. The van der Waals surface area contributed by atoms with Crippen molar-refractivity contribution in [3.8, 4) is 5.75 Å². The lowest BCUT2D eigenvalue weighted by molar-refractivity contribution is -0.157. The minimum Gasteiger partial charge on any atom is -0.508 e. The number of fused-ring (bicyclic) bond motifs is 2. The van der Waals surface area contributed by atoms with Crippen LogP contribution in [0.1, 0.15) is 116 Å². The molecule has 106 heavy (non-hydrogen) atoms. The Kier molecular flexibility index (Phi) is 32.8. The van der Waals surface area contributed by atoms with Crippen molar-refractivity contribution in [2.75, 3.05) is 32.8 Å². The Balaban J connectivity index is 1.19. The van der Waals surface area contributed by atoms with Crippen LogP contribution in [-0.2, 0) is 91.1 Å². The molecule has 6 rings (SSSR count). The molecule has 34 nitrogen and oxygen atoms in total. The molecule has 5 aromatic rings. The van der Waals surface area contributed by atoms with Crippen molar-refractivity contribution in [3.05, 3.63) is 102 Å². The maximum Gasteiger partial charge on any atom is 0.331 e. The first-order valence-electron chi connectivity index (χ1n) is 35.5. The van der Waals surface area contributed by atoms with Crippen molar-refractivity contribution in [1.29, 1.82) is 0 Å². The van der Waals surface area contributed by atoms with Gasteiger partial charge in [0.15, 0.2) is 6.04 Å². The Hall–Kier alpha value is -11.0. The average Bonchev–Trinajstić information content (AvgIpc) is 1.65. The summed E-state index contributed by atoms with van der Waals surface area (Å²) in [6.07, 6.45) is 2.21. The summed E-state index contributed by atoms with van der Waals surface area (Å²) in [7, 11) is 0. The van der Waals surface area contributed by atoms with Gasteiger partial charge in [-0.1, -0.05) is 89.1 Å². The first-order chi connectivity index (χ1) is 50.6. The molecule has 1 aliphatic heterocycles. The van der Waals surface area contributed by atoms with E-state index in [1.165, 1.54) is 38.1 Å². The fourth-order valence-electron chi connectivity index (χ4n) is 11.6. The van der Waals surface area contributed by atoms with Crippen molar-refractivity contribution in [2.45, 2.75) is 185 Å². The quantitative estimate of drug-likeness (QED) is 0.0184. The molecular weight excluding hydrogens is 1370 g/mol. The minimum absolute atomic E-state index is 0.0333. The van der Waals surface area contributed by atoms with E-state index in [0.29, 0.717) is 51.3 Å². The van der Waals surface area contributed by atoms with E-state index in [0.717, 1.165) is 6.42 Å². The molecule has 13 amide bonds. The number of aliphatic hydroxyl groups excluding tert-OH is 1. The highest BCUT2D eigenvalue weighted by Crippen LogP contribution is 2.23. The number of aromatic amines is 2. The van der Waals surface area contributed by atoms with Crippen LogP contribution in [0.5, 0.6) is 5.75 Å². The Labute approximate surface area is 612 Å². The normalized spacial score (nSPS) is 18.2. The number of aliphatic hydroxyl groups is 1. The Morgan fingerprint density at radius 1 is 0.585 bits per heavy atom. The van der Waals surface area contributed by atoms with Crippen LogP contribution >= 0.6 is 0 Å². The number of carbonyl (C=O) groups is 14. The van der Waals surface area contributed by atoms with E-state index in [4.69, 9.17) is 21.9 Å². The number of phenolic OH excluding ortho intramolecular Hbond substituents is 1. The lowest BCUT2D eigenvalue weighted by Gasteiger charge is -2.30. The van der Waals surface area contributed by atoms with Crippen molar-refractivity contribution in [3.63, 3.8) is 0 Å². The molecule has 1 saturated heterocycles. The number of aromatic nitrogens is 2. The van der Waals surface area contributed by atoms with Gasteiger partial charge in [0.25, 0.3) is 0 Å².